The lowest BCUT2D eigenvalue weighted by Crippen LogP contribution is -2.38. The molecular formula is C24H32NO2. The minimum Gasteiger partial charge on any atom is -0.461 e. The van der Waals surface area contributed by atoms with Crippen LogP contribution in [0.15, 0.2) is 48.5 Å². The van der Waals surface area contributed by atoms with Crippen molar-refractivity contribution < 1.29 is 9.53 Å². The van der Waals surface area contributed by atoms with E-state index in [1.807, 2.05) is 12.1 Å². The molecular weight excluding hydrogens is 334 g/mol. The molecule has 1 atom stereocenters. The maximum atomic E-state index is 11.1. The Labute approximate surface area is 164 Å². The predicted octanol–water partition coefficient (Wildman–Crippen LogP) is 5.19. The van der Waals surface area contributed by atoms with Crippen LogP contribution in [-0.2, 0) is 16.1 Å². The summed E-state index contributed by atoms with van der Waals surface area (Å²) in [6.07, 6.45) is 1.02. The Morgan fingerprint density at radius 2 is 1.74 bits per heavy atom. The van der Waals surface area contributed by atoms with Gasteiger partial charge in [0.15, 0.2) is 0 Å². The van der Waals surface area contributed by atoms with Crippen molar-refractivity contribution in [3.63, 3.8) is 0 Å². The standard InChI is InChI=1S/C24H32NO2/c1-18(2)25(19(3)4)15-14-24(22-11-7-6-8-12-22)23-13-9-10-21(16-23)17-27-20(5)26/h6-12,16,18-19,24H,14-15,17H2,1-5H3/t24-/m0/s1. The third-order valence-corrected chi connectivity index (χ3v) is 4.91. The molecule has 1 radical (unpaired) electrons. The minimum absolute atomic E-state index is 0.256. The first kappa shape index (κ1) is 21.2. The van der Waals surface area contributed by atoms with Crippen LogP contribution in [0.1, 0.15) is 63.6 Å². The summed E-state index contributed by atoms with van der Waals surface area (Å²) >= 11 is 0. The maximum Gasteiger partial charge on any atom is 0.302 e. The Bertz CT molecular complexity index is 701. The number of esters is 1. The van der Waals surface area contributed by atoms with E-state index in [1.54, 1.807) is 0 Å². The van der Waals surface area contributed by atoms with Crippen LogP contribution in [0.2, 0.25) is 0 Å². The van der Waals surface area contributed by atoms with Gasteiger partial charge in [-0.25, -0.2) is 0 Å². The highest BCUT2D eigenvalue weighted by molar-refractivity contribution is 5.65. The average molecular weight is 367 g/mol. The van der Waals surface area contributed by atoms with Gasteiger partial charge >= 0.3 is 5.97 Å². The van der Waals surface area contributed by atoms with Crippen LogP contribution in [-0.4, -0.2) is 29.5 Å². The SMILES string of the molecule is CC(=O)OCc1cc[c]c([C@@H](CCN(C(C)C)C(C)C)c2ccccc2)c1. The fourth-order valence-electron chi connectivity index (χ4n) is 3.59. The first-order valence-corrected chi connectivity index (χ1v) is 9.83. The summed E-state index contributed by atoms with van der Waals surface area (Å²) in [5.41, 5.74) is 3.45. The van der Waals surface area contributed by atoms with E-state index in [4.69, 9.17) is 4.74 Å². The third-order valence-electron chi connectivity index (χ3n) is 4.91. The smallest absolute Gasteiger partial charge is 0.302 e. The first-order valence-electron chi connectivity index (χ1n) is 9.83. The van der Waals surface area contributed by atoms with Gasteiger partial charge in [-0.2, -0.15) is 0 Å². The second-order valence-corrected chi connectivity index (χ2v) is 7.61. The Hall–Kier alpha value is -2.13. The van der Waals surface area contributed by atoms with Gasteiger partial charge in [0, 0.05) is 24.9 Å². The molecule has 0 N–H and O–H groups in total. The Morgan fingerprint density at radius 3 is 2.33 bits per heavy atom. The molecule has 27 heavy (non-hydrogen) atoms. The Kier molecular flexibility index (Phi) is 8.05. The molecule has 0 aromatic heterocycles. The number of nitrogens with zero attached hydrogens (tertiary/aromatic N) is 1. The van der Waals surface area contributed by atoms with E-state index in [-0.39, 0.29) is 11.9 Å². The summed E-state index contributed by atoms with van der Waals surface area (Å²) in [6, 6.07) is 21.1. The molecule has 3 heteroatoms. The van der Waals surface area contributed by atoms with Crippen molar-refractivity contribution in [2.75, 3.05) is 6.54 Å². The molecule has 0 unspecified atom stereocenters. The quantitative estimate of drug-likeness (QED) is 0.572. The number of ether oxygens (including phenoxy) is 1. The lowest BCUT2D eigenvalue weighted by Gasteiger charge is -2.32. The molecule has 0 aliphatic heterocycles. The highest BCUT2D eigenvalue weighted by atomic mass is 16.5. The summed E-state index contributed by atoms with van der Waals surface area (Å²) in [5.74, 6) is 0.0111. The first-order chi connectivity index (χ1) is 12.9. The van der Waals surface area contributed by atoms with Crippen molar-refractivity contribution in [3.8, 4) is 0 Å². The van der Waals surface area contributed by atoms with Crippen LogP contribution in [0.25, 0.3) is 0 Å². The number of benzene rings is 2. The molecule has 0 heterocycles. The molecule has 0 aliphatic rings. The summed E-state index contributed by atoms with van der Waals surface area (Å²) in [5, 5.41) is 0. The van der Waals surface area contributed by atoms with E-state index in [1.165, 1.54) is 12.5 Å². The summed E-state index contributed by atoms with van der Waals surface area (Å²) in [7, 11) is 0. The molecule has 2 aromatic rings. The van der Waals surface area contributed by atoms with E-state index in [2.05, 4.69) is 75.1 Å². The van der Waals surface area contributed by atoms with Crippen LogP contribution in [0.3, 0.4) is 0 Å². The molecule has 0 aliphatic carbocycles. The third kappa shape index (κ3) is 6.51. The summed E-state index contributed by atoms with van der Waals surface area (Å²) in [4.78, 5) is 13.7. The number of carbonyl (C=O) groups excluding carboxylic acids is 1. The normalized spacial score (nSPS) is 12.6. The Balaban J connectivity index is 2.25. The number of hydrogen-bond donors (Lipinski definition) is 0. The number of hydrogen-bond acceptors (Lipinski definition) is 3. The molecule has 0 bridgehead atoms. The summed E-state index contributed by atoms with van der Waals surface area (Å²) < 4.78 is 5.17. The van der Waals surface area contributed by atoms with E-state index in [0.717, 1.165) is 24.1 Å². The van der Waals surface area contributed by atoms with E-state index >= 15 is 0 Å². The van der Waals surface area contributed by atoms with Gasteiger partial charge < -0.3 is 4.74 Å². The van der Waals surface area contributed by atoms with Gasteiger partial charge in [0.1, 0.15) is 6.61 Å². The highest BCUT2D eigenvalue weighted by Gasteiger charge is 2.19. The predicted molar refractivity (Wildman–Crippen MR) is 111 cm³/mol. The monoisotopic (exact) mass is 366 g/mol. The molecule has 2 aromatic carbocycles. The van der Waals surface area contributed by atoms with Crippen molar-refractivity contribution in [3.05, 3.63) is 71.3 Å². The molecule has 3 nitrogen and oxygen atoms in total. The van der Waals surface area contributed by atoms with Gasteiger partial charge in [-0.1, -0.05) is 48.5 Å². The van der Waals surface area contributed by atoms with Crippen molar-refractivity contribution in [1.82, 2.24) is 4.90 Å². The average Bonchev–Trinajstić information content (AvgIpc) is 2.64. The van der Waals surface area contributed by atoms with Gasteiger partial charge in [0.05, 0.1) is 0 Å². The zero-order valence-corrected chi connectivity index (χ0v) is 17.2. The van der Waals surface area contributed by atoms with Gasteiger partial charge in [-0.05, 0) is 63.4 Å². The number of carbonyl (C=O) groups is 1. The van der Waals surface area contributed by atoms with E-state index in [0.29, 0.717) is 18.7 Å². The van der Waals surface area contributed by atoms with Crippen LogP contribution in [0.5, 0.6) is 0 Å². The minimum atomic E-state index is -0.256. The molecule has 0 amide bonds. The fourth-order valence-corrected chi connectivity index (χ4v) is 3.59. The zero-order chi connectivity index (χ0) is 19.8. The molecule has 0 fully saturated rings. The van der Waals surface area contributed by atoms with Crippen molar-refractivity contribution >= 4 is 5.97 Å². The van der Waals surface area contributed by atoms with E-state index in [9.17, 15) is 4.79 Å². The van der Waals surface area contributed by atoms with Crippen LogP contribution >= 0.6 is 0 Å². The van der Waals surface area contributed by atoms with Crippen LogP contribution in [0, 0.1) is 6.07 Å². The number of rotatable bonds is 9. The van der Waals surface area contributed by atoms with Crippen LogP contribution < -0.4 is 0 Å². The second kappa shape index (κ2) is 10.3. The van der Waals surface area contributed by atoms with Gasteiger partial charge in [0.2, 0.25) is 0 Å². The van der Waals surface area contributed by atoms with Crippen molar-refractivity contribution in [1.29, 1.82) is 0 Å². The van der Waals surface area contributed by atoms with Crippen molar-refractivity contribution in [2.24, 2.45) is 0 Å². The lowest BCUT2D eigenvalue weighted by molar-refractivity contribution is -0.142. The van der Waals surface area contributed by atoms with Crippen molar-refractivity contribution in [2.45, 2.75) is 65.6 Å². The maximum absolute atomic E-state index is 11.1. The molecule has 2 rings (SSSR count). The van der Waals surface area contributed by atoms with Crippen LogP contribution in [0.4, 0.5) is 0 Å². The second-order valence-electron chi connectivity index (χ2n) is 7.61. The zero-order valence-electron chi connectivity index (χ0n) is 17.2. The topological polar surface area (TPSA) is 29.5 Å². The molecule has 145 valence electrons. The lowest BCUT2D eigenvalue weighted by atomic mass is 9.87. The van der Waals surface area contributed by atoms with E-state index < -0.39 is 0 Å². The molecule has 0 saturated heterocycles. The molecule has 0 saturated carbocycles. The summed E-state index contributed by atoms with van der Waals surface area (Å²) in [6.45, 7) is 11.8. The largest absolute Gasteiger partial charge is 0.461 e. The fraction of sp³-hybridized carbons (Fsp3) is 0.458. The Morgan fingerprint density at radius 1 is 1.07 bits per heavy atom. The van der Waals surface area contributed by atoms with Gasteiger partial charge in [0.25, 0.3) is 0 Å². The van der Waals surface area contributed by atoms with Gasteiger partial charge in [-0.3, -0.25) is 9.69 Å². The highest BCUT2D eigenvalue weighted by Crippen LogP contribution is 2.29. The molecule has 0 spiro atoms. The van der Waals surface area contributed by atoms with Gasteiger partial charge in [-0.15, -0.1) is 0 Å².